The summed E-state index contributed by atoms with van der Waals surface area (Å²) in [6.07, 6.45) is 1.84. The second kappa shape index (κ2) is 7.77. The molecule has 3 aliphatic heterocycles. The van der Waals surface area contributed by atoms with Crippen molar-refractivity contribution in [1.29, 1.82) is 0 Å². The zero-order valence-electron chi connectivity index (χ0n) is 18.4. The number of amides is 1. The van der Waals surface area contributed by atoms with Gasteiger partial charge in [0, 0.05) is 22.6 Å². The number of nitrogens with zero attached hydrogens (tertiary/aromatic N) is 3. The van der Waals surface area contributed by atoms with Crippen LogP contribution in [-0.2, 0) is 21.6 Å². The topological polar surface area (TPSA) is 76.6 Å². The predicted molar refractivity (Wildman–Crippen MR) is 127 cm³/mol. The minimum atomic E-state index is -0.423. The molecule has 170 valence electrons. The third-order valence-electron chi connectivity index (χ3n) is 6.61. The lowest BCUT2D eigenvalue weighted by Gasteiger charge is -2.45. The lowest BCUT2D eigenvalue weighted by atomic mass is 9.94. The number of aromatic nitrogens is 2. The molecule has 7 nitrogen and oxygen atoms in total. The van der Waals surface area contributed by atoms with Crippen molar-refractivity contribution in [3.63, 3.8) is 0 Å². The Labute approximate surface area is 200 Å². The van der Waals surface area contributed by atoms with Gasteiger partial charge in [0.25, 0.3) is 5.91 Å². The number of thiophene rings is 1. The molecule has 5 heterocycles. The third-order valence-corrected chi connectivity index (χ3v) is 8.34. The van der Waals surface area contributed by atoms with Crippen LogP contribution in [0, 0.1) is 13.8 Å². The maximum absolute atomic E-state index is 13.7. The van der Waals surface area contributed by atoms with Gasteiger partial charge in [-0.2, -0.15) is 0 Å². The Balaban J connectivity index is 1.38. The molecule has 2 fully saturated rings. The molecule has 1 amide bonds. The summed E-state index contributed by atoms with van der Waals surface area (Å²) < 4.78 is 10.9. The minimum Gasteiger partial charge on any atom is -0.377 e. The molecule has 0 unspecified atom stereocenters. The molecule has 3 aromatic rings. The Morgan fingerprint density at radius 1 is 1.27 bits per heavy atom. The summed E-state index contributed by atoms with van der Waals surface area (Å²) in [7, 11) is 0. The van der Waals surface area contributed by atoms with Crippen LogP contribution >= 0.6 is 22.9 Å². The van der Waals surface area contributed by atoms with Crippen LogP contribution in [0.3, 0.4) is 0 Å². The van der Waals surface area contributed by atoms with Crippen molar-refractivity contribution in [3.05, 3.63) is 62.6 Å². The smallest absolute Gasteiger partial charge is 0.256 e. The number of benzene rings is 1. The lowest BCUT2D eigenvalue weighted by Crippen LogP contribution is -2.56. The van der Waals surface area contributed by atoms with Crippen LogP contribution in [0.2, 0.25) is 5.02 Å². The molecule has 0 radical (unpaired) electrons. The first-order valence-electron chi connectivity index (χ1n) is 10.9. The van der Waals surface area contributed by atoms with Gasteiger partial charge in [-0.15, -0.1) is 11.3 Å². The molecular weight excluding hydrogens is 460 g/mol. The molecule has 6 rings (SSSR count). The van der Waals surface area contributed by atoms with E-state index in [0.29, 0.717) is 43.9 Å². The Bertz CT molecular complexity index is 1270. The van der Waals surface area contributed by atoms with Crippen molar-refractivity contribution in [3.8, 4) is 10.6 Å². The van der Waals surface area contributed by atoms with E-state index < -0.39 is 5.54 Å². The van der Waals surface area contributed by atoms with E-state index in [9.17, 15) is 4.79 Å². The van der Waals surface area contributed by atoms with Gasteiger partial charge in [0.2, 0.25) is 5.95 Å². The molecule has 0 bridgehead atoms. The number of anilines is 1. The van der Waals surface area contributed by atoms with E-state index in [1.807, 2.05) is 49.2 Å². The van der Waals surface area contributed by atoms with Crippen LogP contribution < -0.4 is 5.32 Å². The fourth-order valence-electron chi connectivity index (χ4n) is 4.64. The Kier molecular flexibility index (Phi) is 4.95. The fraction of sp³-hybridized carbons (Fsp3) is 0.375. The number of carbonyl (C=O) groups is 1. The molecule has 9 heteroatoms. The minimum absolute atomic E-state index is 0.0462. The van der Waals surface area contributed by atoms with Gasteiger partial charge >= 0.3 is 0 Å². The molecular formula is C24H23ClN4O3S. The highest BCUT2D eigenvalue weighted by Crippen LogP contribution is 2.52. The zero-order valence-corrected chi connectivity index (χ0v) is 19.9. The number of halogens is 1. The molecule has 1 N–H and O–H groups in total. The quantitative estimate of drug-likeness (QED) is 0.588. The molecule has 0 atom stereocenters. The third kappa shape index (κ3) is 3.27. The first-order valence-corrected chi connectivity index (χ1v) is 12.1. The van der Waals surface area contributed by atoms with Gasteiger partial charge < -0.3 is 19.7 Å². The van der Waals surface area contributed by atoms with Crippen LogP contribution in [0.25, 0.3) is 10.6 Å². The van der Waals surface area contributed by atoms with Gasteiger partial charge in [-0.1, -0.05) is 23.7 Å². The van der Waals surface area contributed by atoms with E-state index in [0.717, 1.165) is 37.7 Å². The monoisotopic (exact) mass is 482 g/mol. The molecule has 2 saturated heterocycles. The van der Waals surface area contributed by atoms with E-state index in [4.69, 9.17) is 26.1 Å². The number of hydrogen-bond donors (Lipinski definition) is 1. The van der Waals surface area contributed by atoms with Gasteiger partial charge in [0.05, 0.1) is 48.6 Å². The highest BCUT2D eigenvalue weighted by Gasteiger charge is 2.57. The summed E-state index contributed by atoms with van der Waals surface area (Å²) in [6.45, 7) is 6.87. The number of nitrogens with one attached hydrogen (secondary N) is 1. The SMILES string of the molecule is Cc1cnc(NC2COC2)nc1-c1sc2c(c1C)C(=O)N(Cc1cccc(Cl)c1)C21COC1. The highest BCUT2D eigenvalue weighted by atomic mass is 35.5. The molecule has 0 saturated carbocycles. The molecule has 33 heavy (non-hydrogen) atoms. The van der Waals surface area contributed by atoms with E-state index in [2.05, 4.69) is 10.3 Å². The average molecular weight is 483 g/mol. The van der Waals surface area contributed by atoms with E-state index in [-0.39, 0.29) is 11.9 Å². The van der Waals surface area contributed by atoms with Gasteiger partial charge in [-0.05, 0) is 42.7 Å². The molecule has 2 aromatic heterocycles. The van der Waals surface area contributed by atoms with Gasteiger partial charge in [-0.25, -0.2) is 9.97 Å². The van der Waals surface area contributed by atoms with Crippen LogP contribution in [0.5, 0.6) is 0 Å². The van der Waals surface area contributed by atoms with Crippen molar-refractivity contribution in [2.45, 2.75) is 32.0 Å². The Morgan fingerprint density at radius 3 is 2.76 bits per heavy atom. The number of carbonyl (C=O) groups excluding carboxylic acids is 1. The Hall–Kier alpha value is -2.52. The normalized spacial score (nSPS) is 18.9. The molecule has 3 aliphatic rings. The van der Waals surface area contributed by atoms with E-state index in [1.54, 1.807) is 11.3 Å². The van der Waals surface area contributed by atoms with E-state index in [1.165, 1.54) is 0 Å². The van der Waals surface area contributed by atoms with Crippen molar-refractivity contribution in [1.82, 2.24) is 14.9 Å². The second-order valence-corrected chi connectivity index (χ2v) is 10.4. The summed E-state index contributed by atoms with van der Waals surface area (Å²) in [6, 6.07) is 7.92. The summed E-state index contributed by atoms with van der Waals surface area (Å²) >= 11 is 7.85. The van der Waals surface area contributed by atoms with Gasteiger partial charge in [-0.3, -0.25) is 4.79 Å². The van der Waals surface area contributed by atoms with Crippen LogP contribution in [0.15, 0.2) is 30.5 Å². The fourth-order valence-corrected chi connectivity index (χ4v) is 6.38. The first-order chi connectivity index (χ1) is 16.0. The molecule has 1 aromatic carbocycles. The van der Waals surface area contributed by atoms with Gasteiger partial charge in [0.1, 0.15) is 5.54 Å². The average Bonchev–Trinajstić information content (AvgIpc) is 3.18. The molecule has 1 spiro atoms. The number of fused-ring (bicyclic) bond motifs is 2. The second-order valence-electron chi connectivity index (χ2n) is 8.91. The summed E-state index contributed by atoms with van der Waals surface area (Å²) in [5, 5.41) is 3.99. The van der Waals surface area contributed by atoms with Crippen LogP contribution in [0.1, 0.15) is 31.9 Å². The summed E-state index contributed by atoms with van der Waals surface area (Å²) in [5.41, 5.74) is 4.20. The lowest BCUT2D eigenvalue weighted by molar-refractivity contribution is -0.126. The highest BCUT2D eigenvalue weighted by molar-refractivity contribution is 7.16. The van der Waals surface area contributed by atoms with Crippen LogP contribution in [-0.4, -0.2) is 53.2 Å². The number of rotatable bonds is 5. The summed E-state index contributed by atoms with van der Waals surface area (Å²) in [4.78, 5) is 27.0. The maximum atomic E-state index is 13.7. The molecule has 0 aliphatic carbocycles. The van der Waals surface area contributed by atoms with Crippen molar-refractivity contribution in [2.24, 2.45) is 0 Å². The van der Waals surface area contributed by atoms with Crippen LogP contribution in [0.4, 0.5) is 5.95 Å². The van der Waals surface area contributed by atoms with E-state index >= 15 is 0 Å². The van der Waals surface area contributed by atoms with Crippen molar-refractivity contribution in [2.75, 3.05) is 31.7 Å². The maximum Gasteiger partial charge on any atom is 0.256 e. The standard InChI is InChI=1S/C24H23ClN4O3S/c1-13-7-26-23(27-17-9-31-10-17)28-19(13)20-14(2)18-21(33-20)24(11-32-12-24)29(22(18)30)8-15-4-3-5-16(25)6-15/h3-7,17H,8-12H2,1-2H3,(H,26,27,28). The number of hydrogen-bond acceptors (Lipinski definition) is 7. The number of ether oxygens (including phenoxy) is 2. The van der Waals surface area contributed by atoms with Crippen molar-refractivity contribution >= 4 is 34.8 Å². The predicted octanol–water partition coefficient (Wildman–Crippen LogP) is 4.17. The summed E-state index contributed by atoms with van der Waals surface area (Å²) in [5.74, 6) is 0.636. The van der Waals surface area contributed by atoms with Gasteiger partial charge in [0.15, 0.2) is 0 Å². The zero-order chi connectivity index (χ0) is 22.7. The largest absolute Gasteiger partial charge is 0.377 e. The first kappa shape index (κ1) is 21.0. The van der Waals surface area contributed by atoms with Crippen molar-refractivity contribution < 1.29 is 14.3 Å². The Morgan fingerprint density at radius 2 is 2.09 bits per heavy atom. The number of aryl methyl sites for hydroxylation is 1.